The molecule has 0 aromatic rings. The Bertz CT molecular complexity index is 488. The molecule has 0 spiro atoms. The van der Waals surface area contributed by atoms with Crippen molar-refractivity contribution in [1.29, 1.82) is 0 Å². The summed E-state index contributed by atoms with van der Waals surface area (Å²) in [5.41, 5.74) is 10.5. The van der Waals surface area contributed by atoms with Gasteiger partial charge in [-0.25, -0.2) is 0 Å². The number of ether oxygens (including phenoxy) is 1. The molecule has 0 radical (unpaired) electrons. The second kappa shape index (κ2) is 13.0. The first-order valence-corrected chi connectivity index (χ1v) is 8.00. The van der Waals surface area contributed by atoms with E-state index < -0.39 is 55.2 Å². The zero-order valence-electron chi connectivity index (χ0n) is 14.6. The first-order chi connectivity index (χ1) is 12.2. The topological polar surface area (TPSA) is 206 Å². The fourth-order valence-corrected chi connectivity index (χ4v) is 1.95. The molecule has 0 aromatic carbocycles. The van der Waals surface area contributed by atoms with Crippen molar-refractivity contribution in [3.63, 3.8) is 0 Å². The summed E-state index contributed by atoms with van der Waals surface area (Å²) >= 11 is 0. The van der Waals surface area contributed by atoms with Gasteiger partial charge in [0.15, 0.2) is 0 Å². The van der Waals surface area contributed by atoms with E-state index in [1.54, 1.807) is 0 Å². The number of hydrogen-bond acceptors (Lipinski definition) is 8. The highest BCUT2D eigenvalue weighted by molar-refractivity contribution is 5.85. The molecule has 26 heavy (non-hydrogen) atoms. The summed E-state index contributed by atoms with van der Waals surface area (Å²) in [6.07, 6.45) is -1.71. The van der Waals surface area contributed by atoms with Crippen molar-refractivity contribution in [1.82, 2.24) is 16.0 Å². The number of hydrogen-bond donors (Lipinski definition) is 7. The number of aliphatic carboxylic acids is 1. The lowest BCUT2D eigenvalue weighted by Gasteiger charge is -2.19. The van der Waals surface area contributed by atoms with E-state index in [1.807, 2.05) is 6.92 Å². The second-order valence-electron chi connectivity index (χ2n) is 5.36. The summed E-state index contributed by atoms with van der Waals surface area (Å²) in [6.45, 7) is 1.75. The Hall–Kier alpha value is -2.28. The molecule has 0 aromatic heterocycles. The summed E-state index contributed by atoms with van der Waals surface area (Å²) < 4.78 is 4.82. The number of amides is 3. The Morgan fingerprint density at radius 3 is 2.31 bits per heavy atom. The number of likely N-dealkylation sites (N-methyl/N-ethyl adjacent to an activating group) is 1. The fourth-order valence-electron chi connectivity index (χ4n) is 1.95. The molecule has 0 aliphatic carbocycles. The molecule has 12 heteroatoms. The third kappa shape index (κ3) is 10.6. The number of carbonyl (C=O) groups is 4. The molecule has 3 amide bonds. The summed E-state index contributed by atoms with van der Waals surface area (Å²) in [6, 6.07) is -1.97. The summed E-state index contributed by atoms with van der Waals surface area (Å²) in [7, 11) is 0. The Morgan fingerprint density at radius 1 is 1.15 bits per heavy atom. The lowest BCUT2D eigenvalue weighted by molar-refractivity contribution is -0.142. The first-order valence-electron chi connectivity index (χ1n) is 8.00. The summed E-state index contributed by atoms with van der Waals surface area (Å²) in [5, 5.41) is 25.1. The molecule has 0 heterocycles. The standard InChI is InChI=1S/C14H27N5O7/c1-2-17-9(13(16)23)3-4-18-10(21)6-12(26-7-20)19-11(22)5-8(15)14(24)25/h8-9,12,17,20H,2-7,15H2,1H3,(H2,16,23)(H,18,21)(H,19,22)(H,24,25). The predicted octanol–water partition coefficient (Wildman–Crippen LogP) is -3.44. The van der Waals surface area contributed by atoms with E-state index in [-0.39, 0.29) is 19.4 Å². The molecule has 0 saturated carbocycles. The zero-order chi connectivity index (χ0) is 20.1. The van der Waals surface area contributed by atoms with E-state index in [1.165, 1.54) is 0 Å². The molecule has 0 fully saturated rings. The smallest absolute Gasteiger partial charge is 0.321 e. The van der Waals surface area contributed by atoms with Crippen molar-refractivity contribution in [3.8, 4) is 0 Å². The van der Waals surface area contributed by atoms with Crippen LogP contribution in [-0.2, 0) is 23.9 Å². The van der Waals surface area contributed by atoms with E-state index in [0.29, 0.717) is 6.54 Å². The number of nitrogens with one attached hydrogen (secondary N) is 3. The van der Waals surface area contributed by atoms with Crippen LogP contribution < -0.4 is 27.4 Å². The van der Waals surface area contributed by atoms with Gasteiger partial charge in [-0.3, -0.25) is 19.2 Å². The van der Waals surface area contributed by atoms with Crippen LogP contribution in [0, 0.1) is 0 Å². The van der Waals surface area contributed by atoms with Gasteiger partial charge in [0.2, 0.25) is 17.7 Å². The number of nitrogens with two attached hydrogens (primary N) is 2. The number of rotatable bonds is 14. The van der Waals surface area contributed by atoms with Crippen LogP contribution in [0.5, 0.6) is 0 Å². The minimum atomic E-state index is -1.39. The number of aliphatic hydroxyl groups is 1. The molecule has 0 aliphatic rings. The molecule has 150 valence electrons. The number of aliphatic hydroxyl groups excluding tert-OH is 1. The van der Waals surface area contributed by atoms with E-state index in [4.69, 9.17) is 26.4 Å². The quantitative estimate of drug-likeness (QED) is 0.150. The highest BCUT2D eigenvalue weighted by atomic mass is 16.6. The van der Waals surface area contributed by atoms with Crippen LogP contribution in [-0.4, -0.2) is 72.1 Å². The molecule has 0 saturated heterocycles. The fraction of sp³-hybridized carbons (Fsp3) is 0.714. The number of carboxylic acid groups (broad SMARTS) is 1. The van der Waals surface area contributed by atoms with Gasteiger partial charge in [0, 0.05) is 6.54 Å². The minimum absolute atomic E-state index is 0.156. The maximum Gasteiger partial charge on any atom is 0.321 e. The van der Waals surface area contributed by atoms with Crippen LogP contribution in [0.2, 0.25) is 0 Å². The van der Waals surface area contributed by atoms with Gasteiger partial charge in [-0.2, -0.15) is 0 Å². The minimum Gasteiger partial charge on any atom is -0.480 e. The number of primary amides is 1. The van der Waals surface area contributed by atoms with Crippen LogP contribution in [0.25, 0.3) is 0 Å². The van der Waals surface area contributed by atoms with E-state index in [0.717, 1.165) is 0 Å². The van der Waals surface area contributed by atoms with Crippen molar-refractivity contribution in [3.05, 3.63) is 0 Å². The maximum absolute atomic E-state index is 11.9. The van der Waals surface area contributed by atoms with Crippen LogP contribution >= 0.6 is 0 Å². The van der Waals surface area contributed by atoms with Crippen LogP contribution in [0.4, 0.5) is 0 Å². The van der Waals surface area contributed by atoms with Gasteiger partial charge in [-0.1, -0.05) is 6.92 Å². The predicted molar refractivity (Wildman–Crippen MR) is 89.2 cm³/mol. The third-order valence-electron chi connectivity index (χ3n) is 3.24. The molecule has 12 nitrogen and oxygen atoms in total. The number of carbonyl (C=O) groups excluding carboxylic acids is 3. The van der Waals surface area contributed by atoms with Gasteiger partial charge in [0.1, 0.15) is 19.1 Å². The Balaban J connectivity index is 4.38. The second-order valence-corrected chi connectivity index (χ2v) is 5.36. The van der Waals surface area contributed by atoms with Crippen molar-refractivity contribution < 1.29 is 34.1 Å². The SMILES string of the molecule is CCNC(CCNC(=O)CC(NC(=O)CC(N)C(=O)O)OCO)C(N)=O. The molecule has 0 bridgehead atoms. The van der Waals surface area contributed by atoms with Crippen LogP contribution in [0.3, 0.4) is 0 Å². The molecule has 3 unspecified atom stereocenters. The zero-order valence-corrected chi connectivity index (χ0v) is 14.6. The molecule has 0 rings (SSSR count). The molecule has 3 atom stereocenters. The summed E-state index contributed by atoms with van der Waals surface area (Å²) in [4.78, 5) is 45.3. The average molecular weight is 377 g/mol. The summed E-state index contributed by atoms with van der Waals surface area (Å²) in [5.74, 6) is -3.13. The van der Waals surface area contributed by atoms with Gasteiger partial charge in [0.25, 0.3) is 0 Å². The van der Waals surface area contributed by atoms with Crippen LogP contribution in [0.15, 0.2) is 0 Å². The number of carboxylic acids is 1. The highest BCUT2D eigenvalue weighted by Crippen LogP contribution is 1.98. The lowest BCUT2D eigenvalue weighted by atomic mass is 10.2. The van der Waals surface area contributed by atoms with E-state index in [2.05, 4.69) is 16.0 Å². The Kier molecular flexibility index (Phi) is 11.9. The van der Waals surface area contributed by atoms with Gasteiger partial charge in [0.05, 0.1) is 18.9 Å². The third-order valence-corrected chi connectivity index (χ3v) is 3.24. The molecule has 9 N–H and O–H groups in total. The van der Waals surface area contributed by atoms with Crippen molar-refractivity contribution in [2.45, 2.75) is 44.5 Å². The van der Waals surface area contributed by atoms with Gasteiger partial charge < -0.3 is 42.4 Å². The Labute approximate surface area is 150 Å². The van der Waals surface area contributed by atoms with Gasteiger partial charge in [-0.05, 0) is 13.0 Å². The molecular weight excluding hydrogens is 350 g/mol. The van der Waals surface area contributed by atoms with Crippen molar-refractivity contribution >= 4 is 23.7 Å². The average Bonchev–Trinajstić information content (AvgIpc) is 2.53. The van der Waals surface area contributed by atoms with E-state index >= 15 is 0 Å². The van der Waals surface area contributed by atoms with Crippen LogP contribution in [0.1, 0.15) is 26.2 Å². The Morgan fingerprint density at radius 2 is 1.81 bits per heavy atom. The highest BCUT2D eigenvalue weighted by Gasteiger charge is 2.21. The molecule has 0 aliphatic heterocycles. The van der Waals surface area contributed by atoms with E-state index in [9.17, 15) is 19.2 Å². The lowest BCUT2D eigenvalue weighted by Crippen LogP contribution is -2.45. The normalized spacial score (nSPS) is 14.1. The maximum atomic E-state index is 11.9. The first kappa shape index (κ1) is 23.7. The van der Waals surface area contributed by atoms with Gasteiger partial charge in [-0.15, -0.1) is 0 Å². The molecular formula is C14H27N5O7. The van der Waals surface area contributed by atoms with Crippen molar-refractivity contribution in [2.24, 2.45) is 11.5 Å². The van der Waals surface area contributed by atoms with Crippen molar-refractivity contribution in [2.75, 3.05) is 19.9 Å². The van der Waals surface area contributed by atoms with Gasteiger partial charge >= 0.3 is 5.97 Å². The largest absolute Gasteiger partial charge is 0.480 e. The monoisotopic (exact) mass is 377 g/mol.